The summed E-state index contributed by atoms with van der Waals surface area (Å²) in [5.41, 5.74) is 1.48. The molecule has 3 aromatic rings. The molecule has 0 spiro atoms. The highest BCUT2D eigenvalue weighted by Crippen LogP contribution is 2.27. The van der Waals surface area contributed by atoms with Crippen LogP contribution in [-0.2, 0) is 25.9 Å². The molecule has 0 saturated carbocycles. The highest BCUT2D eigenvalue weighted by atomic mass is 32.2. The molecule has 1 saturated heterocycles. The molecule has 4 rings (SSSR count). The minimum Gasteiger partial charge on any atom is -0.514 e. The van der Waals surface area contributed by atoms with E-state index >= 15 is 0 Å². The molecule has 1 fully saturated rings. The van der Waals surface area contributed by atoms with Gasteiger partial charge in [-0.25, -0.2) is 8.42 Å². The molecule has 0 aliphatic carbocycles. The number of carbonyl (C=O) groups excluding carboxylic acids is 1. The number of benzene rings is 3. The molecule has 5 nitrogen and oxygen atoms in total. The first kappa shape index (κ1) is 18.5. The maximum absolute atomic E-state index is 13.5. The predicted octanol–water partition coefficient (Wildman–Crippen LogP) is 2.24. The number of nitrogens with zero attached hydrogens (tertiary/aromatic N) is 1. The Balaban J connectivity index is 1.79. The molecule has 1 atom stereocenters. The van der Waals surface area contributed by atoms with Crippen LogP contribution in [0.3, 0.4) is 0 Å². The Hall–Kier alpha value is -2.90. The van der Waals surface area contributed by atoms with Gasteiger partial charge in [0.25, 0.3) is 0 Å². The van der Waals surface area contributed by atoms with Crippen LogP contribution in [0.25, 0.3) is 0 Å². The quantitative estimate of drug-likeness (QED) is 0.626. The zero-order valence-corrected chi connectivity index (χ0v) is 15.8. The van der Waals surface area contributed by atoms with Gasteiger partial charge >= 0.3 is 13.0 Å². The molecule has 0 N–H and O–H groups in total. The van der Waals surface area contributed by atoms with Crippen molar-refractivity contribution in [2.45, 2.75) is 17.4 Å². The van der Waals surface area contributed by atoms with E-state index in [4.69, 9.17) is 4.65 Å². The van der Waals surface area contributed by atoms with Gasteiger partial charge in [0.2, 0.25) is 10.0 Å². The molecule has 1 heterocycles. The van der Waals surface area contributed by atoms with Crippen LogP contribution in [0, 0.1) is 0 Å². The van der Waals surface area contributed by atoms with Gasteiger partial charge in [-0.1, -0.05) is 78.9 Å². The fraction of sp³-hybridized carbons (Fsp3) is 0.0952. The lowest BCUT2D eigenvalue weighted by Crippen LogP contribution is -2.51. The summed E-state index contributed by atoms with van der Waals surface area (Å²) in [4.78, 5) is 12.9. The molecule has 0 bridgehead atoms. The van der Waals surface area contributed by atoms with E-state index in [0.29, 0.717) is 5.46 Å². The van der Waals surface area contributed by atoms with Crippen molar-refractivity contribution in [2.75, 3.05) is 0 Å². The Labute approximate surface area is 164 Å². The first-order valence-electron chi connectivity index (χ1n) is 8.95. The Kier molecular flexibility index (Phi) is 5.02. The predicted molar refractivity (Wildman–Crippen MR) is 107 cm³/mol. The molecule has 3 aromatic carbocycles. The largest absolute Gasteiger partial charge is 0.514 e. The molecule has 0 radical (unpaired) electrons. The van der Waals surface area contributed by atoms with Crippen molar-refractivity contribution >= 4 is 28.5 Å². The summed E-state index contributed by atoms with van der Waals surface area (Å²) in [7, 11) is -4.94. The van der Waals surface area contributed by atoms with Crippen molar-refractivity contribution < 1.29 is 17.9 Å². The average molecular weight is 391 g/mol. The molecular weight excluding hydrogens is 373 g/mol. The van der Waals surface area contributed by atoms with Crippen molar-refractivity contribution in [1.29, 1.82) is 0 Å². The third-order valence-corrected chi connectivity index (χ3v) is 6.58. The lowest BCUT2D eigenvalue weighted by Gasteiger charge is -2.23. The summed E-state index contributed by atoms with van der Waals surface area (Å²) in [6.45, 7) is 0. The van der Waals surface area contributed by atoms with E-state index in [0.717, 1.165) is 5.56 Å². The smallest absolute Gasteiger partial charge is 0.502 e. The van der Waals surface area contributed by atoms with Crippen LogP contribution in [0.2, 0.25) is 0 Å². The molecule has 1 aliphatic rings. The number of sulfonamides is 1. The minimum atomic E-state index is -3.95. The van der Waals surface area contributed by atoms with Gasteiger partial charge in [0.1, 0.15) is 6.04 Å². The molecule has 7 heteroatoms. The van der Waals surface area contributed by atoms with Gasteiger partial charge in [0, 0.05) is 0 Å². The van der Waals surface area contributed by atoms with Gasteiger partial charge in [-0.3, -0.25) is 4.79 Å². The zero-order chi connectivity index (χ0) is 19.6. The summed E-state index contributed by atoms with van der Waals surface area (Å²) in [5, 5.41) is 0. The third kappa shape index (κ3) is 3.46. The second-order valence-electron chi connectivity index (χ2n) is 6.55. The van der Waals surface area contributed by atoms with E-state index < -0.39 is 29.1 Å². The number of hydrogen-bond donors (Lipinski definition) is 0. The standard InChI is InChI=1S/C21H18BNO4S/c24-21-20(16-17-10-4-1-5-11-17)23(22(27-21)18-12-6-2-7-13-18)28(25,26)19-14-8-3-9-15-19/h1-15,20H,16H2/t20-/m0/s1. The van der Waals surface area contributed by atoms with Crippen molar-refractivity contribution in [3.63, 3.8) is 0 Å². The maximum Gasteiger partial charge on any atom is 0.502 e. The highest BCUT2D eigenvalue weighted by Gasteiger charge is 2.53. The van der Waals surface area contributed by atoms with Gasteiger partial charge in [-0.2, -0.15) is 4.22 Å². The van der Waals surface area contributed by atoms with E-state index in [1.54, 1.807) is 42.5 Å². The summed E-state index contributed by atoms with van der Waals surface area (Å²) < 4.78 is 33.7. The van der Waals surface area contributed by atoms with E-state index in [1.165, 1.54) is 16.3 Å². The minimum absolute atomic E-state index is 0.132. The number of hydrogen-bond acceptors (Lipinski definition) is 4. The van der Waals surface area contributed by atoms with Crippen LogP contribution in [0.15, 0.2) is 95.9 Å². The maximum atomic E-state index is 13.5. The van der Waals surface area contributed by atoms with Crippen LogP contribution in [-0.4, -0.2) is 31.7 Å². The normalized spacial score (nSPS) is 17.5. The van der Waals surface area contributed by atoms with Crippen molar-refractivity contribution in [3.8, 4) is 0 Å². The topological polar surface area (TPSA) is 63.7 Å². The fourth-order valence-electron chi connectivity index (χ4n) is 3.36. The number of rotatable bonds is 5. The van der Waals surface area contributed by atoms with Gasteiger partial charge in [0.15, 0.2) is 0 Å². The van der Waals surface area contributed by atoms with E-state index in [1.807, 2.05) is 36.4 Å². The van der Waals surface area contributed by atoms with Gasteiger partial charge in [-0.15, -0.1) is 0 Å². The van der Waals surface area contributed by atoms with Crippen LogP contribution >= 0.6 is 0 Å². The summed E-state index contributed by atoms with van der Waals surface area (Å²) >= 11 is 0. The summed E-state index contributed by atoms with van der Waals surface area (Å²) in [6.07, 6.45) is 0.245. The molecule has 0 unspecified atom stereocenters. The van der Waals surface area contributed by atoms with Crippen LogP contribution in [0.1, 0.15) is 5.56 Å². The molecular formula is C21H18BNO4S. The highest BCUT2D eigenvalue weighted by molar-refractivity contribution is 7.90. The third-order valence-electron chi connectivity index (χ3n) is 4.71. The average Bonchev–Trinajstić information content (AvgIpc) is 3.07. The molecule has 0 amide bonds. The lowest BCUT2D eigenvalue weighted by atomic mass is 9.74. The van der Waals surface area contributed by atoms with Crippen LogP contribution < -0.4 is 5.46 Å². The van der Waals surface area contributed by atoms with Gasteiger partial charge in [0.05, 0.1) is 4.90 Å². The monoisotopic (exact) mass is 391 g/mol. The number of carbonyl (C=O) groups is 1. The summed E-state index contributed by atoms with van der Waals surface area (Å²) in [5.74, 6) is -0.544. The SMILES string of the molecule is O=C1OB(c2ccccc2)N(S(=O)(=O)c2ccccc2)[C@H]1Cc1ccccc1. The van der Waals surface area contributed by atoms with Gasteiger partial charge in [-0.05, 0) is 29.6 Å². The second kappa shape index (κ2) is 7.62. The van der Waals surface area contributed by atoms with Crippen LogP contribution in [0.5, 0.6) is 0 Å². The van der Waals surface area contributed by atoms with Crippen molar-refractivity contribution in [3.05, 3.63) is 96.6 Å². The molecule has 140 valence electrons. The molecule has 1 aliphatic heterocycles. The second-order valence-corrected chi connectivity index (χ2v) is 8.40. The Bertz CT molecular complexity index is 1060. The Morgan fingerprint density at radius 2 is 1.36 bits per heavy atom. The molecule has 0 aromatic heterocycles. The zero-order valence-electron chi connectivity index (χ0n) is 15.0. The summed E-state index contributed by atoms with van der Waals surface area (Å²) in [6, 6.07) is 25.5. The Morgan fingerprint density at radius 3 is 1.96 bits per heavy atom. The first-order chi connectivity index (χ1) is 13.6. The van der Waals surface area contributed by atoms with E-state index in [2.05, 4.69) is 0 Å². The Morgan fingerprint density at radius 1 is 0.821 bits per heavy atom. The van der Waals surface area contributed by atoms with Crippen LogP contribution in [0.4, 0.5) is 0 Å². The fourth-order valence-corrected chi connectivity index (χ4v) is 5.02. The van der Waals surface area contributed by atoms with Crippen molar-refractivity contribution in [2.24, 2.45) is 0 Å². The first-order valence-corrected chi connectivity index (χ1v) is 10.4. The van der Waals surface area contributed by atoms with E-state index in [-0.39, 0.29) is 11.3 Å². The van der Waals surface area contributed by atoms with E-state index in [9.17, 15) is 13.2 Å². The van der Waals surface area contributed by atoms with Gasteiger partial charge < -0.3 is 4.65 Å². The van der Waals surface area contributed by atoms with Crippen molar-refractivity contribution in [1.82, 2.24) is 4.22 Å². The molecule has 28 heavy (non-hydrogen) atoms. The lowest BCUT2D eigenvalue weighted by molar-refractivity contribution is -0.134.